The van der Waals surface area contributed by atoms with Gasteiger partial charge in [-0.25, -0.2) is 0 Å². The average Bonchev–Trinajstić information content (AvgIpc) is 2.69. The minimum Gasteiger partial charge on any atom is -0.0648 e. The highest BCUT2D eigenvalue weighted by Gasteiger charge is 2.20. The zero-order valence-electron chi connectivity index (χ0n) is 23.4. The van der Waals surface area contributed by atoms with E-state index in [1.807, 2.05) is 0 Å². The number of hydrogen-bond acceptors (Lipinski definition) is 0. The molecule has 0 saturated heterocycles. The molecule has 2 atom stereocenters. The summed E-state index contributed by atoms with van der Waals surface area (Å²) in [5.74, 6) is 6.07. The molecule has 0 aliphatic heterocycles. The molecular weight excluding hydrogens is 384 g/mol. The van der Waals surface area contributed by atoms with Crippen molar-refractivity contribution in [1.82, 2.24) is 0 Å². The van der Waals surface area contributed by atoms with Gasteiger partial charge in [-0.1, -0.05) is 125 Å². The van der Waals surface area contributed by atoms with Crippen LogP contribution in [0, 0.1) is 29.6 Å². The van der Waals surface area contributed by atoms with Gasteiger partial charge >= 0.3 is 0 Å². The van der Waals surface area contributed by atoms with Crippen LogP contribution in [0.5, 0.6) is 0 Å². The Morgan fingerprint density at radius 2 is 1.22 bits per heavy atom. The maximum atomic E-state index is 2.42. The van der Waals surface area contributed by atoms with E-state index < -0.39 is 0 Å². The van der Waals surface area contributed by atoms with Gasteiger partial charge in [-0.3, -0.25) is 0 Å². The third kappa shape index (κ3) is 11.4. The van der Waals surface area contributed by atoms with Crippen LogP contribution < -0.4 is 0 Å². The quantitative estimate of drug-likeness (QED) is 0.394. The van der Waals surface area contributed by atoms with Crippen LogP contribution in [0.4, 0.5) is 0 Å². The molecule has 32 heavy (non-hydrogen) atoms. The summed E-state index contributed by atoms with van der Waals surface area (Å²) in [5, 5.41) is 0. The van der Waals surface area contributed by atoms with E-state index in [1.165, 1.54) is 69.8 Å². The molecule has 0 heteroatoms. The van der Waals surface area contributed by atoms with Crippen molar-refractivity contribution in [2.75, 3.05) is 0 Å². The molecule has 2 saturated carbocycles. The zero-order valence-corrected chi connectivity index (χ0v) is 23.4. The third-order valence-corrected chi connectivity index (χ3v) is 7.75. The molecule has 0 spiro atoms. The maximum absolute atomic E-state index is 2.42. The van der Waals surface area contributed by atoms with Gasteiger partial charge in [0, 0.05) is 0 Å². The Balaban J connectivity index is 0.000000283. The Morgan fingerprint density at radius 1 is 0.688 bits per heavy atom. The fourth-order valence-electron chi connectivity index (χ4n) is 5.07. The number of rotatable bonds is 7. The summed E-state index contributed by atoms with van der Waals surface area (Å²) >= 11 is 0. The van der Waals surface area contributed by atoms with Crippen molar-refractivity contribution in [3.05, 3.63) is 35.4 Å². The summed E-state index contributed by atoms with van der Waals surface area (Å²) in [5.41, 5.74) is 3.09. The van der Waals surface area contributed by atoms with Crippen LogP contribution in [-0.4, -0.2) is 0 Å². The molecular formula is C32H58. The van der Waals surface area contributed by atoms with Gasteiger partial charge in [0.15, 0.2) is 0 Å². The smallest absolute Gasteiger partial charge is 0.0141 e. The topological polar surface area (TPSA) is 0 Å². The third-order valence-electron chi connectivity index (χ3n) is 7.75. The molecule has 186 valence electrons. The van der Waals surface area contributed by atoms with Crippen molar-refractivity contribution in [1.29, 1.82) is 0 Å². The van der Waals surface area contributed by atoms with Gasteiger partial charge < -0.3 is 0 Å². The lowest BCUT2D eigenvalue weighted by Gasteiger charge is -2.26. The lowest BCUT2D eigenvalue weighted by molar-refractivity contribution is 0.261. The molecule has 2 aliphatic rings. The van der Waals surface area contributed by atoms with Crippen LogP contribution >= 0.6 is 0 Å². The zero-order chi connectivity index (χ0) is 24.1. The SMILES string of the molecule is CC(C)C.CC(C)C(C)CC1CCCCC1.CCC(c1ccc(C2CCC2)cc1)C(C)C. The average molecular weight is 443 g/mol. The Morgan fingerprint density at radius 3 is 1.59 bits per heavy atom. The molecule has 3 rings (SSSR count). The Hall–Kier alpha value is -0.780. The van der Waals surface area contributed by atoms with E-state index in [0.29, 0.717) is 0 Å². The normalized spacial score (nSPS) is 19.0. The van der Waals surface area contributed by atoms with Gasteiger partial charge in [0.05, 0.1) is 0 Å². The second-order valence-corrected chi connectivity index (χ2v) is 12.2. The van der Waals surface area contributed by atoms with Gasteiger partial charge in [-0.2, -0.15) is 0 Å². The standard InChI is InChI=1S/C16H24.C12H24.C4H10/c1-4-16(12(2)3)15-10-8-14(9-11-15)13-6-5-7-13;1-10(2)11(3)9-12-7-5-4-6-8-12;1-4(2)3/h8-13,16H,4-7H2,1-3H3;10-12H,4-9H2,1-3H3;4H,1-3H3. The first-order valence-corrected chi connectivity index (χ1v) is 14.2. The van der Waals surface area contributed by atoms with Crippen LogP contribution in [0.1, 0.15) is 149 Å². The van der Waals surface area contributed by atoms with Gasteiger partial charge in [-0.05, 0) is 78.2 Å². The van der Waals surface area contributed by atoms with Gasteiger partial charge in [0.1, 0.15) is 0 Å². The van der Waals surface area contributed by atoms with Crippen molar-refractivity contribution >= 4 is 0 Å². The van der Waals surface area contributed by atoms with Crippen molar-refractivity contribution in [2.45, 2.75) is 138 Å². The summed E-state index contributed by atoms with van der Waals surface area (Å²) < 4.78 is 0. The predicted molar refractivity (Wildman–Crippen MR) is 147 cm³/mol. The lowest BCUT2D eigenvalue weighted by atomic mass is 9.79. The van der Waals surface area contributed by atoms with E-state index in [9.17, 15) is 0 Å². The fraction of sp³-hybridized carbons (Fsp3) is 0.812. The first kappa shape index (κ1) is 29.3. The van der Waals surface area contributed by atoms with Gasteiger partial charge in [0.25, 0.3) is 0 Å². The van der Waals surface area contributed by atoms with E-state index in [4.69, 9.17) is 0 Å². The molecule has 2 unspecified atom stereocenters. The highest BCUT2D eigenvalue weighted by atomic mass is 14.3. The molecule has 1 aromatic carbocycles. The largest absolute Gasteiger partial charge is 0.0648 e. The van der Waals surface area contributed by atoms with E-state index in [0.717, 1.165) is 41.4 Å². The van der Waals surface area contributed by atoms with Gasteiger partial charge in [0.2, 0.25) is 0 Å². The van der Waals surface area contributed by atoms with Crippen LogP contribution in [0.15, 0.2) is 24.3 Å². The fourth-order valence-corrected chi connectivity index (χ4v) is 5.07. The Labute approximate surface area is 203 Å². The highest BCUT2D eigenvalue weighted by Crippen LogP contribution is 2.37. The minimum absolute atomic E-state index is 0.732. The molecule has 0 bridgehead atoms. The van der Waals surface area contributed by atoms with Gasteiger partial charge in [-0.15, -0.1) is 0 Å². The molecule has 1 aromatic rings. The predicted octanol–water partition coefficient (Wildman–Crippen LogP) is 11.0. The van der Waals surface area contributed by atoms with E-state index in [1.54, 1.807) is 5.56 Å². The van der Waals surface area contributed by atoms with E-state index in [-0.39, 0.29) is 0 Å². The van der Waals surface area contributed by atoms with Crippen LogP contribution in [0.25, 0.3) is 0 Å². The Kier molecular flexibility index (Phi) is 14.6. The lowest BCUT2D eigenvalue weighted by Crippen LogP contribution is -2.13. The first-order chi connectivity index (χ1) is 15.1. The molecule has 0 nitrogen and oxygen atoms in total. The number of benzene rings is 1. The first-order valence-electron chi connectivity index (χ1n) is 14.2. The maximum Gasteiger partial charge on any atom is -0.0141 e. The molecule has 0 amide bonds. The Bertz CT molecular complexity index is 551. The van der Waals surface area contributed by atoms with Crippen molar-refractivity contribution in [3.63, 3.8) is 0 Å². The minimum atomic E-state index is 0.732. The summed E-state index contributed by atoms with van der Waals surface area (Å²) in [6.45, 7) is 20.6. The van der Waals surface area contributed by atoms with E-state index >= 15 is 0 Å². The molecule has 2 fully saturated rings. The summed E-state index contributed by atoms with van der Waals surface area (Å²) in [6, 6.07) is 9.46. The molecule has 0 radical (unpaired) electrons. The molecule has 2 aliphatic carbocycles. The second kappa shape index (κ2) is 16.0. The highest BCUT2D eigenvalue weighted by molar-refractivity contribution is 5.29. The monoisotopic (exact) mass is 442 g/mol. The van der Waals surface area contributed by atoms with Crippen molar-refractivity contribution in [2.24, 2.45) is 29.6 Å². The van der Waals surface area contributed by atoms with E-state index in [2.05, 4.69) is 86.6 Å². The molecule has 0 heterocycles. The summed E-state index contributed by atoms with van der Waals surface area (Å²) in [7, 11) is 0. The van der Waals surface area contributed by atoms with Crippen LogP contribution in [0.2, 0.25) is 0 Å². The molecule has 0 aromatic heterocycles. The second-order valence-electron chi connectivity index (χ2n) is 12.2. The molecule has 0 N–H and O–H groups in total. The number of hydrogen-bond donors (Lipinski definition) is 0. The summed E-state index contributed by atoms with van der Waals surface area (Å²) in [4.78, 5) is 0. The summed E-state index contributed by atoms with van der Waals surface area (Å²) in [6.07, 6.45) is 14.5. The van der Waals surface area contributed by atoms with Crippen LogP contribution in [-0.2, 0) is 0 Å². The van der Waals surface area contributed by atoms with Crippen LogP contribution in [0.3, 0.4) is 0 Å². The van der Waals surface area contributed by atoms with Crippen molar-refractivity contribution in [3.8, 4) is 0 Å². The van der Waals surface area contributed by atoms with Crippen molar-refractivity contribution < 1.29 is 0 Å².